The second kappa shape index (κ2) is 8.88. The van der Waals surface area contributed by atoms with Gasteiger partial charge in [-0.1, -0.05) is 0 Å². The molecule has 0 aliphatic heterocycles. The fraction of sp³-hybridized carbons (Fsp3) is 0.833. The van der Waals surface area contributed by atoms with Gasteiger partial charge in [-0.05, 0) is 34.6 Å². The maximum Gasteiger partial charge on any atom is 0.308 e. The standard InChI is InChI=1S/C8H16O3.C4H8O3/c1-6(9)5-7(10)11-8(2,3)4;1-3(5)2-4(6)7/h6,9H,5H2,1-4H3;3,5H,2H2,1H3,(H,6,7). The van der Waals surface area contributed by atoms with Gasteiger partial charge in [0.1, 0.15) is 5.60 Å². The zero-order valence-corrected chi connectivity index (χ0v) is 11.6. The summed E-state index contributed by atoms with van der Waals surface area (Å²) in [4.78, 5) is 20.5. The van der Waals surface area contributed by atoms with E-state index in [0.29, 0.717) is 0 Å². The first kappa shape index (κ1) is 19.2. The number of hydrogen-bond donors (Lipinski definition) is 3. The summed E-state index contributed by atoms with van der Waals surface area (Å²) < 4.78 is 4.95. The number of aliphatic hydroxyl groups is 2. The van der Waals surface area contributed by atoms with Crippen molar-refractivity contribution in [2.75, 3.05) is 0 Å². The van der Waals surface area contributed by atoms with Crippen LogP contribution in [-0.4, -0.2) is 45.1 Å². The Bertz CT molecular complexity index is 252. The van der Waals surface area contributed by atoms with Gasteiger partial charge >= 0.3 is 11.9 Å². The van der Waals surface area contributed by atoms with E-state index in [1.54, 1.807) is 27.7 Å². The minimum Gasteiger partial charge on any atom is -0.481 e. The van der Waals surface area contributed by atoms with E-state index in [2.05, 4.69) is 0 Å². The van der Waals surface area contributed by atoms with Gasteiger partial charge in [0, 0.05) is 0 Å². The monoisotopic (exact) mass is 264 g/mol. The molecular weight excluding hydrogens is 240 g/mol. The van der Waals surface area contributed by atoms with Crippen molar-refractivity contribution in [2.45, 2.75) is 65.3 Å². The molecule has 6 nitrogen and oxygen atoms in total. The number of carboxylic acid groups (broad SMARTS) is 1. The van der Waals surface area contributed by atoms with E-state index in [-0.39, 0.29) is 18.8 Å². The molecule has 0 amide bonds. The van der Waals surface area contributed by atoms with Crippen molar-refractivity contribution in [2.24, 2.45) is 0 Å². The van der Waals surface area contributed by atoms with Crippen LogP contribution >= 0.6 is 0 Å². The molecule has 0 bridgehead atoms. The van der Waals surface area contributed by atoms with Gasteiger partial charge in [-0.2, -0.15) is 0 Å². The Morgan fingerprint density at radius 1 is 1.06 bits per heavy atom. The third-order valence-electron chi connectivity index (χ3n) is 1.35. The molecule has 0 radical (unpaired) electrons. The van der Waals surface area contributed by atoms with Gasteiger partial charge in [0.25, 0.3) is 0 Å². The van der Waals surface area contributed by atoms with Gasteiger partial charge in [-0.3, -0.25) is 9.59 Å². The van der Waals surface area contributed by atoms with E-state index < -0.39 is 23.8 Å². The summed E-state index contributed by atoms with van der Waals surface area (Å²) in [6.07, 6.45) is -1.44. The number of hydrogen-bond acceptors (Lipinski definition) is 5. The Morgan fingerprint density at radius 3 is 1.61 bits per heavy atom. The number of aliphatic carboxylic acids is 1. The molecule has 6 heteroatoms. The van der Waals surface area contributed by atoms with Crippen LogP contribution in [0, 0.1) is 0 Å². The number of rotatable bonds is 4. The number of carbonyl (C=O) groups is 2. The predicted molar refractivity (Wildman–Crippen MR) is 66.1 cm³/mol. The summed E-state index contributed by atoms with van der Waals surface area (Å²) in [7, 11) is 0. The number of carbonyl (C=O) groups excluding carboxylic acids is 1. The second-order valence-corrected chi connectivity index (χ2v) is 5.09. The molecule has 0 aromatic heterocycles. The number of aliphatic hydroxyl groups excluding tert-OH is 2. The molecule has 0 aromatic rings. The Kier molecular flexibility index (Phi) is 9.47. The third-order valence-corrected chi connectivity index (χ3v) is 1.35. The molecule has 0 rings (SSSR count). The Hall–Kier alpha value is -1.14. The molecule has 0 aliphatic carbocycles. The zero-order chi connectivity index (χ0) is 14.9. The zero-order valence-electron chi connectivity index (χ0n) is 11.6. The van der Waals surface area contributed by atoms with Crippen LogP contribution in [0.4, 0.5) is 0 Å². The van der Waals surface area contributed by atoms with Crippen molar-refractivity contribution in [3.05, 3.63) is 0 Å². The third kappa shape index (κ3) is 20.3. The summed E-state index contributed by atoms with van der Waals surface area (Å²) in [5.41, 5.74) is -0.452. The average Bonchev–Trinajstić information content (AvgIpc) is 1.94. The number of ether oxygens (including phenoxy) is 1. The molecule has 0 aromatic carbocycles. The van der Waals surface area contributed by atoms with Gasteiger partial charge in [0.15, 0.2) is 0 Å². The molecule has 18 heavy (non-hydrogen) atoms. The summed E-state index contributed by atoms with van der Waals surface area (Å²) >= 11 is 0. The minimum atomic E-state index is -0.963. The van der Waals surface area contributed by atoms with Gasteiger partial charge in [-0.25, -0.2) is 0 Å². The topological polar surface area (TPSA) is 104 Å². The maximum absolute atomic E-state index is 10.9. The molecule has 0 saturated heterocycles. The maximum atomic E-state index is 10.9. The molecular formula is C12H24O6. The van der Waals surface area contributed by atoms with Crippen molar-refractivity contribution < 1.29 is 29.6 Å². The van der Waals surface area contributed by atoms with Crippen LogP contribution in [0.5, 0.6) is 0 Å². The smallest absolute Gasteiger partial charge is 0.308 e. The Labute approximate surface area is 108 Å². The fourth-order valence-electron chi connectivity index (χ4n) is 0.877. The normalized spacial score (nSPS) is 13.9. The highest BCUT2D eigenvalue weighted by Crippen LogP contribution is 2.08. The van der Waals surface area contributed by atoms with Crippen molar-refractivity contribution in [3.63, 3.8) is 0 Å². The highest BCUT2D eigenvalue weighted by Gasteiger charge is 2.17. The summed E-state index contributed by atoms with van der Waals surface area (Å²) in [6, 6.07) is 0. The van der Waals surface area contributed by atoms with Gasteiger partial charge in [0.2, 0.25) is 0 Å². The fourth-order valence-corrected chi connectivity index (χ4v) is 0.877. The van der Waals surface area contributed by atoms with Crippen LogP contribution in [-0.2, 0) is 14.3 Å². The lowest BCUT2D eigenvalue weighted by atomic mass is 10.2. The largest absolute Gasteiger partial charge is 0.481 e. The molecule has 2 unspecified atom stereocenters. The number of esters is 1. The molecule has 0 heterocycles. The highest BCUT2D eigenvalue weighted by molar-refractivity contribution is 5.70. The van der Waals surface area contributed by atoms with E-state index >= 15 is 0 Å². The minimum absolute atomic E-state index is 0.0667. The SMILES string of the molecule is CC(O)CC(=O)O.CC(O)CC(=O)OC(C)(C)C. The van der Waals surface area contributed by atoms with E-state index in [1.807, 2.05) is 0 Å². The Balaban J connectivity index is 0. The first-order valence-corrected chi connectivity index (χ1v) is 5.73. The molecule has 0 fully saturated rings. The van der Waals surface area contributed by atoms with Crippen molar-refractivity contribution in [1.82, 2.24) is 0 Å². The second-order valence-electron chi connectivity index (χ2n) is 5.09. The van der Waals surface area contributed by atoms with E-state index in [9.17, 15) is 9.59 Å². The van der Waals surface area contributed by atoms with Crippen LogP contribution in [0.25, 0.3) is 0 Å². The van der Waals surface area contributed by atoms with Crippen molar-refractivity contribution >= 4 is 11.9 Å². The van der Waals surface area contributed by atoms with Gasteiger partial charge in [-0.15, -0.1) is 0 Å². The average molecular weight is 264 g/mol. The van der Waals surface area contributed by atoms with E-state index in [0.717, 1.165) is 0 Å². The van der Waals surface area contributed by atoms with E-state index in [4.69, 9.17) is 20.1 Å². The predicted octanol–water partition coefficient (Wildman–Crippen LogP) is 0.941. The highest BCUT2D eigenvalue weighted by atomic mass is 16.6. The van der Waals surface area contributed by atoms with E-state index in [1.165, 1.54) is 6.92 Å². The molecule has 0 aliphatic rings. The van der Waals surface area contributed by atoms with Crippen LogP contribution in [0.15, 0.2) is 0 Å². The summed E-state index contributed by atoms with van der Waals surface area (Å²) in [5, 5.41) is 25.1. The van der Waals surface area contributed by atoms with Crippen molar-refractivity contribution in [3.8, 4) is 0 Å². The molecule has 0 saturated carbocycles. The lowest BCUT2D eigenvalue weighted by Crippen LogP contribution is -2.25. The lowest BCUT2D eigenvalue weighted by Gasteiger charge is -2.19. The van der Waals surface area contributed by atoms with Crippen LogP contribution in [0.1, 0.15) is 47.5 Å². The molecule has 2 atom stereocenters. The quantitative estimate of drug-likeness (QED) is 0.653. The summed E-state index contributed by atoms with van der Waals surface area (Å²) in [5.74, 6) is -1.32. The first-order valence-electron chi connectivity index (χ1n) is 5.73. The van der Waals surface area contributed by atoms with Crippen LogP contribution in [0.2, 0.25) is 0 Å². The van der Waals surface area contributed by atoms with Gasteiger partial charge < -0.3 is 20.1 Å². The van der Waals surface area contributed by atoms with Crippen LogP contribution in [0.3, 0.4) is 0 Å². The van der Waals surface area contributed by atoms with Crippen LogP contribution < -0.4 is 0 Å². The molecule has 3 N–H and O–H groups in total. The Morgan fingerprint density at radius 2 is 1.44 bits per heavy atom. The molecule has 108 valence electrons. The molecule has 0 spiro atoms. The number of carboxylic acids is 1. The van der Waals surface area contributed by atoms with Gasteiger partial charge in [0.05, 0.1) is 25.0 Å². The summed E-state index contributed by atoms with van der Waals surface area (Å²) in [6.45, 7) is 8.39. The lowest BCUT2D eigenvalue weighted by molar-refractivity contribution is -0.156. The first-order chi connectivity index (χ1) is 7.94. The van der Waals surface area contributed by atoms with Crippen molar-refractivity contribution in [1.29, 1.82) is 0 Å².